The molecule has 2 amide bonds. The maximum absolute atomic E-state index is 12.0. The number of amides is 2. The lowest BCUT2D eigenvalue weighted by molar-refractivity contribution is -0.114. The summed E-state index contributed by atoms with van der Waals surface area (Å²) in [6.45, 7) is 3.70. The van der Waals surface area contributed by atoms with E-state index >= 15 is 0 Å². The Balaban J connectivity index is 1.72. The number of benzene rings is 2. The van der Waals surface area contributed by atoms with Gasteiger partial charge in [-0.1, -0.05) is 56.9 Å². The van der Waals surface area contributed by atoms with E-state index in [4.69, 9.17) is 23.2 Å². The van der Waals surface area contributed by atoms with Gasteiger partial charge < -0.3 is 10.6 Å². The highest BCUT2D eigenvalue weighted by molar-refractivity contribution is 8.77. The van der Waals surface area contributed by atoms with Crippen molar-refractivity contribution >= 4 is 68.0 Å². The number of halogens is 2. The van der Waals surface area contributed by atoms with E-state index in [1.807, 2.05) is 13.8 Å². The molecule has 0 saturated heterocycles. The van der Waals surface area contributed by atoms with Gasteiger partial charge >= 0.3 is 0 Å². The largest absolute Gasteiger partial charge is 0.325 e. The second-order valence-corrected chi connectivity index (χ2v) is 8.72. The molecule has 0 fully saturated rings. The summed E-state index contributed by atoms with van der Waals surface area (Å²) in [5, 5.41) is 6.86. The molecule has 0 unspecified atom stereocenters. The van der Waals surface area contributed by atoms with Crippen molar-refractivity contribution in [1.29, 1.82) is 0 Å². The summed E-state index contributed by atoms with van der Waals surface area (Å²) in [7, 11) is 2.64. The minimum Gasteiger partial charge on any atom is -0.325 e. The lowest BCUT2D eigenvalue weighted by Crippen LogP contribution is -2.16. The molecule has 0 bridgehead atoms. The number of nitrogens with one attached hydrogen (secondary N) is 2. The van der Waals surface area contributed by atoms with E-state index in [1.165, 1.54) is 21.6 Å². The Morgan fingerprint density at radius 2 is 1.19 bits per heavy atom. The molecule has 4 nitrogen and oxygen atoms in total. The zero-order valence-electron chi connectivity index (χ0n) is 14.3. The first-order valence-corrected chi connectivity index (χ1v) is 11.0. The van der Waals surface area contributed by atoms with Crippen LogP contribution in [0.4, 0.5) is 11.4 Å². The summed E-state index contributed by atoms with van der Waals surface area (Å²) in [6, 6.07) is 10.7. The summed E-state index contributed by atoms with van der Waals surface area (Å²) in [4.78, 5) is 24.0. The first kappa shape index (κ1) is 21.0. The van der Waals surface area contributed by atoms with Gasteiger partial charge in [0.25, 0.3) is 0 Å². The zero-order valence-corrected chi connectivity index (χ0v) is 17.4. The molecule has 0 aliphatic carbocycles. The van der Waals surface area contributed by atoms with Crippen LogP contribution in [-0.2, 0) is 9.59 Å². The van der Waals surface area contributed by atoms with E-state index in [0.717, 1.165) is 11.1 Å². The van der Waals surface area contributed by atoms with Gasteiger partial charge in [0.2, 0.25) is 11.8 Å². The normalized spacial score (nSPS) is 10.5. The van der Waals surface area contributed by atoms with Gasteiger partial charge in [-0.3, -0.25) is 9.59 Å². The van der Waals surface area contributed by atoms with Crippen molar-refractivity contribution in [3.05, 3.63) is 57.6 Å². The number of carbonyl (C=O) groups is 2. The molecule has 0 radical (unpaired) electrons. The lowest BCUT2D eigenvalue weighted by Gasteiger charge is -2.10. The fourth-order valence-corrected chi connectivity index (χ4v) is 4.07. The van der Waals surface area contributed by atoms with Gasteiger partial charge in [0, 0.05) is 21.4 Å². The third-order valence-electron chi connectivity index (χ3n) is 3.55. The van der Waals surface area contributed by atoms with Gasteiger partial charge in [-0.15, -0.1) is 0 Å². The molecular weight excluding hydrogens is 411 g/mol. The molecule has 138 valence electrons. The molecule has 0 aliphatic rings. The minimum absolute atomic E-state index is 0.140. The van der Waals surface area contributed by atoms with E-state index in [-0.39, 0.29) is 23.3 Å². The molecule has 2 aromatic carbocycles. The predicted molar refractivity (Wildman–Crippen MR) is 115 cm³/mol. The summed E-state index contributed by atoms with van der Waals surface area (Å²) in [5.41, 5.74) is 3.05. The van der Waals surface area contributed by atoms with Crippen LogP contribution in [0.1, 0.15) is 11.1 Å². The monoisotopic (exact) mass is 428 g/mol. The standard InChI is InChI=1S/C18H18Cl2N2O2S2/c1-11-13(19)5-3-7-15(11)21-17(23)9-25-26-10-18(24)22-16-8-4-6-14(20)12(16)2/h3-8H,9-10H2,1-2H3,(H,21,23)(H,22,24). The molecular formula is C18H18Cl2N2O2S2. The second-order valence-electron chi connectivity index (χ2n) is 5.45. The first-order chi connectivity index (χ1) is 12.4. The highest BCUT2D eigenvalue weighted by Gasteiger charge is 2.10. The Hall–Kier alpha value is -1.34. The fourth-order valence-electron chi connectivity index (χ4n) is 2.05. The van der Waals surface area contributed by atoms with Crippen LogP contribution < -0.4 is 10.6 Å². The first-order valence-electron chi connectivity index (χ1n) is 7.73. The number of hydrogen-bond acceptors (Lipinski definition) is 4. The number of carbonyl (C=O) groups excluding carboxylic acids is 2. The lowest BCUT2D eigenvalue weighted by atomic mass is 10.2. The van der Waals surface area contributed by atoms with E-state index in [1.54, 1.807) is 36.4 Å². The Morgan fingerprint density at radius 3 is 1.58 bits per heavy atom. The fraction of sp³-hybridized carbons (Fsp3) is 0.222. The highest BCUT2D eigenvalue weighted by atomic mass is 35.5. The summed E-state index contributed by atoms with van der Waals surface area (Å²) in [5.74, 6) is 0.193. The van der Waals surface area contributed by atoms with E-state index < -0.39 is 0 Å². The van der Waals surface area contributed by atoms with Crippen LogP contribution in [-0.4, -0.2) is 23.3 Å². The zero-order chi connectivity index (χ0) is 19.1. The molecule has 0 heterocycles. The van der Waals surface area contributed by atoms with Gasteiger partial charge in [0.05, 0.1) is 11.5 Å². The van der Waals surface area contributed by atoms with Crippen LogP contribution in [0, 0.1) is 13.8 Å². The number of anilines is 2. The Bertz CT molecular complexity index is 748. The van der Waals surface area contributed by atoms with Crippen molar-refractivity contribution < 1.29 is 9.59 Å². The van der Waals surface area contributed by atoms with Gasteiger partial charge in [0.1, 0.15) is 0 Å². The molecule has 2 N–H and O–H groups in total. The topological polar surface area (TPSA) is 58.2 Å². The molecule has 0 aliphatic heterocycles. The molecule has 2 rings (SSSR count). The van der Waals surface area contributed by atoms with Gasteiger partial charge in [-0.05, 0) is 49.2 Å². The molecule has 26 heavy (non-hydrogen) atoms. The van der Waals surface area contributed by atoms with Crippen LogP contribution >= 0.6 is 44.8 Å². The Kier molecular flexibility index (Phi) is 8.15. The van der Waals surface area contributed by atoms with Gasteiger partial charge in [0.15, 0.2) is 0 Å². The van der Waals surface area contributed by atoms with E-state index in [9.17, 15) is 9.59 Å². The molecule has 8 heteroatoms. The predicted octanol–water partition coefficient (Wildman–Crippen LogP) is 5.57. The van der Waals surface area contributed by atoms with Crippen molar-refractivity contribution in [1.82, 2.24) is 0 Å². The smallest absolute Gasteiger partial charge is 0.235 e. The Labute approximate surface area is 170 Å². The second kappa shape index (κ2) is 10.1. The van der Waals surface area contributed by atoms with Crippen LogP contribution in [0.2, 0.25) is 10.0 Å². The summed E-state index contributed by atoms with van der Waals surface area (Å²) in [6.07, 6.45) is 0. The third-order valence-corrected chi connectivity index (χ3v) is 6.50. The van der Waals surface area contributed by atoms with Crippen molar-refractivity contribution in [2.75, 3.05) is 22.1 Å². The quantitative estimate of drug-likeness (QED) is 0.446. The highest BCUT2D eigenvalue weighted by Crippen LogP contribution is 2.26. The van der Waals surface area contributed by atoms with E-state index in [0.29, 0.717) is 21.4 Å². The van der Waals surface area contributed by atoms with Crippen molar-refractivity contribution in [3.63, 3.8) is 0 Å². The minimum atomic E-state index is -0.140. The summed E-state index contributed by atoms with van der Waals surface area (Å²) >= 11 is 12.1. The van der Waals surface area contributed by atoms with Crippen molar-refractivity contribution in [2.24, 2.45) is 0 Å². The average molecular weight is 429 g/mol. The van der Waals surface area contributed by atoms with Crippen LogP contribution in [0.15, 0.2) is 36.4 Å². The van der Waals surface area contributed by atoms with Gasteiger partial charge in [-0.2, -0.15) is 0 Å². The van der Waals surface area contributed by atoms with Crippen LogP contribution in [0.5, 0.6) is 0 Å². The summed E-state index contributed by atoms with van der Waals surface area (Å²) < 4.78 is 0. The Morgan fingerprint density at radius 1 is 0.808 bits per heavy atom. The third kappa shape index (κ3) is 6.13. The van der Waals surface area contributed by atoms with Crippen molar-refractivity contribution in [2.45, 2.75) is 13.8 Å². The van der Waals surface area contributed by atoms with Crippen LogP contribution in [0.25, 0.3) is 0 Å². The average Bonchev–Trinajstić information content (AvgIpc) is 2.60. The van der Waals surface area contributed by atoms with E-state index in [2.05, 4.69) is 10.6 Å². The molecule has 0 aromatic heterocycles. The van der Waals surface area contributed by atoms with Crippen molar-refractivity contribution in [3.8, 4) is 0 Å². The SMILES string of the molecule is Cc1c(Cl)cccc1NC(=O)CSSCC(=O)Nc1cccc(Cl)c1C. The number of rotatable bonds is 7. The molecule has 0 saturated carbocycles. The molecule has 0 atom stereocenters. The maximum Gasteiger partial charge on any atom is 0.235 e. The van der Waals surface area contributed by atoms with Gasteiger partial charge in [-0.25, -0.2) is 0 Å². The molecule has 0 spiro atoms. The maximum atomic E-state index is 12.0. The number of hydrogen-bond donors (Lipinski definition) is 2. The van der Waals surface area contributed by atoms with Crippen LogP contribution in [0.3, 0.4) is 0 Å². The molecule has 2 aromatic rings.